The molecule has 0 fully saturated rings. The molecule has 2 aromatic rings. The lowest BCUT2D eigenvalue weighted by molar-refractivity contribution is -0.115. The molecule has 0 aliphatic heterocycles. The van der Waals surface area contributed by atoms with Crippen LogP contribution in [0.4, 0.5) is 5.82 Å². The normalized spacial score (nSPS) is 10.3. The van der Waals surface area contributed by atoms with Crippen molar-refractivity contribution in [2.45, 2.75) is 6.42 Å². The van der Waals surface area contributed by atoms with Gasteiger partial charge < -0.3 is 10.4 Å². The van der Waals surface area contributed by atoms with E-state index in [1.165, 1.54) is 6.07 Å². The van der Waals surface area contributed by atoms with E-state index in [4.69, 9.17) is 28.3 Å². The van der Waals surface area contributed by atoms with Gasteiger partial charge in [0, 0.05) is 16.1 Å². The number of aromatic amines is 1. The molecular formula is C12H9Cl2N3O3. The quantitative estimate of drug-likeness (QED) is 0.808. The maximum absolute atomic E-state index is 11.8. The summed E-state index contributed by atoms with van der Waals surface area (Å²) < 4.78 is 0. The van der Waals surface area contributed by atoms with Crippen molar-refractivity contribution in [1.29, 1.82) is 0 Å². The summed E-state index contributed by atoms with van der Waals surface area (Å²) in [6.45, 7) is 0. The molecule has 1 aromatic heterocycles. The number of nitrogens with zero attached hydrogens (tertiary/aromatic N) is 1. The Bertz CT molecular complexity index is 649. The Kier molecular flexibility index (Phi) is 4.26. The van der Waals surface area contributed by atoms with Gasteiger partial charge in [0.15, 0.2) is 5.82 Å². The second-order valence-corrected chi connectivity index (χ2v) is 4.71. The fraction of sp³-hybridized carbons (Fsp3) is 0.0833. The highest BCUT2D eigenvalue weighted by atomic mass is 35.5. The first-order chi connectivity index (χ1) is 9.47. The molecular weight excluding hydrogens is 305 g/mol. The number of carboxylic acids is 1. The minimum Gasteiger partial charge on any atom is -0.477 e. The van der Waals surface area contributed by atoms with Gasteiger partial charge in [-0.1, -0.05) is 29.3 Å². The molecule has 1 heterocycles. The van der Waals surface area contributed by atoms with Gasteiger partial charge in [-0.25, -0.2) is 4.79 Å². The van der Waals surface area contributed by atoms with Gasteiger partial charge in [-0.05, 0) is 17.7 Å². The third kappa shape index (κ3) is 3.28. The number of nitrogens with one attached hydrogen (secondary N) is 2. The van der Waals surface area contributed by atoms with E-state index in [-0.39, 0.29) is 17.9 Å². The van der Waals surface area contributed by atoms with Crippen LogP contribution in [0, 0.1) is 0 Å². The molecule has 0 spiro atoms. The van der Waals surface area contributed by atoms with Crippen molar-refractivity contribution in [3.05, 3.63) is 45.6 Å². The number of benzene rings is 1. The van der Waals surface area contributed by atoms with Gasteiger partial charge in [-0.3, -0.25) is 9.89 Å². The standard InChI is InChI=1S/C12H9Cl2N3O3/c13-7-2-1-3-8(14)6(7)4-11(18)15-10-5-9(12(19)20)16-17-10/h1-3,5H,4H2,(H,19,20)(H2,15,16,17,18). The molecule has 0 aliphatic carbocycles. The highest BCUT2D eigenvalue weighted by Crippen LogP contribution is 2.24. The lowest BCUT2D eigenvalue weighted by Crippen LogP contribution is -2.15. The Balaban J connectivity index is 2.07. The van der Waals surface area contributed by atoms with Gasteiger partial charge in [0.25, 0.3) is 0 Å². The van der Waals surface area contributed by atoms with Gasteiger partial charge in [0.05, 0.1) is 6.42 Å². The summed E-state index contributed by atoms with van der Waals surface area (Å²) in [5, 5.41) is 17.9. The van der Waals surface area contributed by atoms with Crippen LogP contribution in [-0.4, -0.2) is 27.2 Å². The van der Waals surface area contributed by atoms with E-state index >= 15 is 0 Å². The molecule has 1 aromatic carbocycles. The number of carbonyl (C=O) groups is 2. The first-order valence-corrected chi connectivity index (χ1v) is 6.24. The summed E-state index contributed by atoms with van der Waals surface area (Å²) in [6, 6.07) is 6.16. The molecule has 104 valence electrons. The predicted molar refractivity (Wildman–Crippen MR) is 74.3 cm³/mol. The first-order valence-electron chi connectivity index (χ1n) is 5.49. The zero-order valence-corrected chi connectivity index (χ0v) is 11.5. The van der Waals surface area contributed by atoms with E-state index in [0.717, 1.165) is 0 Å². The average molecular weight is 314 g/mol. The van der Waals surface area contributed by atoms with Crippen LogP contribution in [0.25, 0.3) is 0 Å². The van der Waals surface area contributed by atoms with E-state index < -0.39 is 11.9 Å². The topological polar surface area (TPSA) is 95.1 Å². The molecule has 0 atom stereocenters. The second-order valence-electron chi connectivity index (χ2n) is 3.90. The van der Waals surface area contributed by atoms with Gasteiger partial charge >= 0.3 is 5.97 Å². The van der Waals surface area contributed by atoms with Crippen molar-refractivity contribution < 1.29 is 14.7 Å². The molecule has 2 rings (SSSR count). The fourth-order valence-corrected chi connectivity index (χ4v) is 2.08. The van der Waals surface area contributed by atoms with Gasteiger partial charge in [-0.15, -0.1) is 0 Å². The summed E-state index contributed by atoms with van der Waals surface area (Å²) in [6.07, 6.45) is -0.0340. The SMILES string of the molecule is O=C(Cc1c(Cl)cccc1Cl)Nc1cc(C(=O)O)[nH]n1. The van der Waals surface area contributed by atoms with Crippen LogP contribution in [0.3, 0.4) is 0 Å². The molecule has 8 heteroatoms. The zero-order valence-electron chi connectivity index (χ0n) is 9.98. The van der Waals surface area contributed by atoms with Gasteiger partial charge in [-0.2, -0.15) is 5.10 Å². The largest absolute Gasteiger partial charge is 0.477 e. The zero-order chi connectivity index (χ0) is 14.7. The number of aromatic carboxylic acids is 1. The van der Waals surface area contributed by atoms with Crippen molar-refractivity contribution in [3.63, 3.8) is 0 Å². The minimum absolute atomic E-state index is 0.0340. The lowest BCUT2D eigenvalue weighted by atomic mass is 10.1. The van der Waals surface area contributed by atoms with E-state index in [1.807, 2.05) is 0 Å². The Morgan fingerprint density at radius 3 is 2.50 bits per heavy atom. The van der Waals surface area contributed by atoms with Crippen molar-refractivity contribution in [1.82, 2.24) is 10.2 Å². The van der Waals surface area contributed by atoms with Crippen molar-refractivity contribution in [2.24, 2.45) is 0 Å². The summed E-state index contributed by atoms with van der Waals surface area (Å²) >= 11 is 11.9. The van der Waals surface area contributed by atoms with E-state index in [9.17, 15) is 9.59 Å². The second kappa shape index (κ2) is 5.94. The number of halogens is 2. The highest BCUT2D eigenvalue weighted by molar-refractivity contribution is 6.36. The van der Waals surface area contributed by atoms with Crippen molar-refractivity contribution in [2.75, 3.05) is 5.32 Å². The number of hydrogen-bond donors (Lipinski definition) is 3. The summed E-state index contributed by atoms with van der Waals surface area (Å²) in [5.74, 6) is -1.44. The number of anilines is 1. The van der Waals surface area contributed by atoms with Crippen LogP contribution in [0.1, 0.15) is 16.1 Å². The maximum Gasteiger partial charge on any atom is 0.353 e. The third-order valence-corrected chi connectivity index (χ3v) is 3.18. The van der Waals surface area contributed by atoms with Crippen LogP contribution in [0.15, 0.2) is 24.3 Å². The van der Waals surface area contributed by atoms with E-state index in [0.29, 0.717) is 15.6 Å². The Hall–Kier alpha value is -2.05. The lowest BCUT2D eigenvalue weighted by Gasteiger charge is -2.06. The molecule has 0 unspecified atom stereocenters. The average Bonchev–Trinajstić information content (AvgIpc) is 2.82. The summed E-state index contributed by atoms with van der Waals surface area (Å²) in [5.41, 5.74) is 0.387. The number of carbonyl (C=O) groups excluding carboxylic acids is 1. The van der Waals surface area contributed by atoms with Crippen LogP contribution < -0.4 is 5.32 Å². The van der Waals surface area contributed by atoms with Crippen molar-refractivity contribution in [3.8, 4) is 0 Å². The molecule has 3 N–H and O–H groups in total. The van der Waals surface area contributed by atoms with Gasteiger partial charge in [0.1, 0.15) is 5.69 Å². The Morgan fingerprint density at radius 1 is 1.30 bits per heavy atom. The Morgan fingerprint density at radius 2 is 1.95 bits per heavy atom. The fourth-order valence-electron chi connectivity index (χ4n) is 1.54. The number of hydrogen-bond acceptors (Lipinski definition) is 3. The number of aromatic nitrogens is 2. The number of carboxylic acid groups (broad SMARTS) is 1. The molecule has 6 nitrogen and oxygen atoms in total. The molecule has 1 amide bonds. The van der Waals surface area contributed by atoms with Crippen LogP contribution in [0.2, 0.25) is 10.0 Å². The predicted octanol–water partition coefficient (Wildman–Crippen LogP) is 2.60. The molecule has 20 heavy (non-hydrogen) atoms. The molecule has 0 saturated carbocycles. The monoisotopic (exact) mass is 313 g/mol. The van der Waals surface area contributed by atoms with Crippen LogP contribution >= 0.6 is 23.2 Å². The van der Waals surface area contributed by atoms with Crippen LogP contribution in [0.5, 0.6) is 0 Å². The highest BCUT2D eigenvalue weighted by Gasteiger charge is 2.13. The number of H-pyrrole nitrogens is 1. The first kappa shape index (κ1) is 14.4. The maximum atomic E-state index is 11.8. The van der Waals surface area contributed by atoms with Gasteiger partial charge in [0.2, 0.25) is 5.91 Å². The molecule has 0 bridgehead atoms. The van der Waals surface area contributed by atoms with E-state index in [1.54, 1.807) is 18.2 Å². The molecule has 0 saturated heterocycles. The third-order valence-electron chi connectivity index (χ3n) is 2.47. The van der Waals surface area contributed by atoms with Crippen LogP contribution in [-0.2, 0) is 11.2 Å². The molecule has 0 radical (unpaired) electrons. The minimum atomic E-state index is -1.16. The van der Waals surface area contributed by atoms with Crippen molar-refractivity contribution >= 4 is 40.9 Å². The summed E-state index contributed by atoms with van der Waals surface area (Å²) in [4.78, 5) is 22.5. The number of rotatable bonds is 4. The smallest absolute Gasteiger partial charge is 0.353 e. The molecule has 0 aliphatic rings. The number of amides is 1. The van der Waals surface area contributed by atoms with E-state index in [2.05, 4.69) is 15.5 Å². The Labute approximate surface area is 123 Å². The summed E-state index contributed by atoms with van der Waals surface area (Å²) in [7, 11) is 0.